The molecule has 1 unspecified atom stereocenters. The third-order valence-corrected chi connectivity index (χ3v) is 3.12. The molecule has 0 aliphatic heterocycles. The molecule has 0 saturated carbocycles. The van der Waals surface area contributed by atoms with Gasteiger partial charge in [0.2, 0.25) is 0 Å². The maximum Gasteiger partial charge on any atom is 0.137 e. The number of aromatic nitrogens is 2. The normalized spacial score (nSPS) is 12.7. The highest BCUT2D eigenvalue weighted by Crippen LogP contribution is 2.17. The van der Waals surface area contributed by atoms with Gasteiger partial charge in [0.15, 0.2) is 0 Å². The lowest BCUT2D eigenvalue weighted by molar-refractivity contribution is 0.617. The fraction of sp³-hybridized carbons (Fsp3) is 0.250. The summed E-state index contributed by atoms with van der Waals surface area (Å²) in [4.78, 5) is 0. The lowest BCUT2D eigenvalue weighted by Crippen LogP contribution is -2.04. The Labute approximate surface area is 108 Å². The van der Waals surface area contributed by atoms with Gasteiger partial charge in [-0.05, 0) is 40.5 Å². The second-order valence-electron chi connectivity index (χ2n) is 4.01. The van der Waals surface area contributed by atoms with E-state index in [1.54, 1.807) is 23.0 Å². The SMILES string of the molecule is CC(N)c1cnn(Cc2ccc(F)c(Br)c2)c1. The van der Waals surface area contributed by atoms with Crippen molar-refractivity contribution in [2.24, 2.45) is 5.73 Å². The fourth-order valence-corrected chi connectivity index (χ4v) is 1.95. The summed E-state index contributed by atoms with van der Waals surface area (Å²) in [6, 6.07) is 4.91. The zero-order valence-electron chi connectivity index (χ0n) is 9.40. The molecule has 1 heterocycles. The van der Waals surface area contributed by atoms with Crippen molar-refractivity contribution in [3.05, 3.63) is 52.0 Å². The van der Waals surface area contributed by atoms with Crippen molar-refractivity contribution in [2.75, 3.05) is 0 Å². The lowest BCUT2D eigenvalue weighted by atomic mass is 10.2. The Kier molecular flexibility index (Phi) is 3.59. The van der Waals surface area contributed by atoms with Gasteiger partial charge < -0.3 is 5.73 Å². The summed E-state index contributed by atoms with van der Waals surface area (Å²) in [6.45, 7) is 2.52. The highest BCUT2D eigenvalue weighted by molar-refractivity contribution is 9.10. The van der Waals surface area contributed by atoms with Crippen LogP contribution in [0.1, 0.15) is 24.1 Å². The molecule has 0 fully saturated rings. The van der Waals surface area contributed by atoms with Crippen LogP contribution in [0.4, 0.5) is 4.39 Å². The average molecular weight is 298 g/mol. The second kappa shape index (κ2) is 4.98. The first-order valence-electron chi connectivity index (χ1n) is 5.28. The van der Waals surface area contributed by atoms with Crippen LogP contribution >= 0.6 is 15.9 Å². The van der Waals surface area contributed by atoms with E-state index in [0.29, 0.717) is 11.0 Å². The smallest absolute Gasteiger partial charge is 0.137 e. The second-order valence-corrected chi connectivity index (χ2v) is 4.86. The monoisotopic (exact) mass is 297 g/mol. The van der Waals surface area contributed by atoms with Crippen molar-refractivity contribution in [2.45, 2.75) is 19.5 Å². The Morgan fingerprint density at radius 3 is 2.88 bits per heavy atom. The first-order chi connectivity index (χ1) is 8.06. The number of nitrogens with two attached hydrogens (primary N) is 1. The minimum Gasteiger partial charge on any atom is -0.324 e. The summed E-state index contributed by atoms with van der Waals surface area (Å²) in [5.41, 5.74) is 7.73. The van der Waals surface area contributed by atoms with Crippen molar-refractivity contribution in [3.63, 3.8) is 0 Å². The van der Waals surface area contributed by atoms with E-state index in [2.05, 4.69) is 21.0 Å². The molecule has 2 rings (SSSR count). The van der Waals surface area contributed by atoms with Crippen LogP contribution < -0.4 is 5.73 Å². The number of hydrogen-bond acceptors (Lipinski definition) is 2. The minimum absolute atomic E-state index is 0.0243. The molecule has 0 spiro atoms. The molecule has 90 valence electrons. The van der Waals surface area contributed by atoms with Gasteiger partial charge in [0.25, 0.3) is 0 Å². The summed E-state index contributed by atoms with van der Waals surface area (Å²) >= 11 is 3.16. The van der Waals surface area contributed by atoms with Gasteiger partial charge in [-0.3, -0.25) is 4.68 Å². The Bertz CT molecular complexity index is 522. The number of hydrogen-bond donors (Lipinski definition) is 1. The van der Waals surface area contributed by atoms with Crippen molar-refractivity contribution in [1.29, 1.82) is 0 Å². The quantitative estimate of drug-likeness (QED) is 0.947. The summed E-state index contributed by atoms with van der Waals surface area (Å²) in [7, 11) is 0. The number of benzene rings is 1. The Hall–Kier alpha value is -1.20. The third-order valence-electron chi connectivity index (χ3n) is 2.51. The first kappa shape index (κ1) is 12.3. The van der Waals surface area contributed by atoms with Crippen LogP contribution in [0.25, 0.3) is 0 Å². The molecule has 2 aromatic rings. The van der Waals surface area contributed by atoms with Crippen LogP contribution in [0.5, 0.6) is 0 Å². The molecule has 2 N–H and O–H groups in total. The third kappa shape index (κ3) is 2.92. The van der Waals surface area contributed by atoms with Gasteiger partial charge in [0.05, 0.1) is 17.2 Å². The van der Waals surface area contributed by atoms with E-state index >= 15 is 0 Å². The zero-order valence-corrected chi connectivity index (χ0v) is 11.0. The van der Waals surface area contributed by atoms with Gasteiger partial charge in [-0.15, -0.1) is 0 Å². The van der Waals surface area contributed by atoms with Crippen molar-refractivity contribution >= 4 is 15.9 Å². The highest BCUT2D eigenvalue weighted by atomic mass is 79.9. The van der Waals surface area contributed by atoms with Gasteiger partial charge in [0, 0.05) is 17.8 Å². The molecule has 0 amide bonds. The van der Waals surface area contributed by atoms with Crippen LogP contribution in [0, 0.1) is 5.82 Å². The summed E-state index contributed by atoms with van der Waals surface area (Å²) in [5.74, 6) is -0.259. The van der Waals surface area contributed by atoms with Gasteiger partial charge in [-0.2, -0.15) is 5.10 Å². The van der Waals surface area contributed by atoms with Crippen LogP contribution in [-0.2, 0) is 6.54 Å². The topological polar surface area (TPSA) is 43.8 Å². The summed E-state index contributed by atoms with van der Waals surface area (Å²) < 4.78 is 15.3. The van der Waals surface area contributed by atoms with E-state index < -0.39 is 0 Å². The van der Waals surface area contributed by atoms with Gasteiger partial charge in [-0.25, -0.2) is 4.39 Å². The predicted octanol–water partition coefficient (Wildman–Crippen LogP) is 2.85. The molecule has 17 heavy (non-hydrogen) atoms. The largest absolute Gasteiger partial charge is 0.324 e. The number of rotatable bonds is 3. The average Bonchev–Trinajstić information content (AvgIpc) is 2.72. The zero-order chi connectivity index (χ0) is 12.4. The van der Waals surface area contributed by atoms with E-state index in [4.69, 9.17) is 5.73 Å². The van der Waals surface area contributed by atoms with Crippen LogP contribution in [-0.4, -0.2) is 9.78 Å². The first-order valence-corrected chi connectivity index (χ1v) is 6.07. The van der Waals surface area contributed by atoms with Gasteiger partial charge >= 0.3 is 0 Å². The van der Waals surface area contributed by atoms with Crippen LogP contribution in [0.2, 0.25) is 0 Å². The summed E-state index contributed by atoms with van der Waals surface area (Å²) in [5, 5.41) is 4.21. The molecule has 0 aliphatic rings. The van der Waals surface area contributed by atoms with E-state index in [0.717, 1.165) is 11.1 Å². The molecule has 3 nitrogen and oxygen atoms in total. The fourth-order valence-electron chi connectivity index (χ4n) is 1.53. The van der Waals surface area contributed by atoms with Gasteiger partial charge in [-0.1, -0.05) is 6.07 Å². The van der Waals surface area contributed by atoms with E-state index in [1.807, 2.05) is 13.1 Å². The lowest BCUT2D eigenvalue weighted by Gasteiger charge is -2.03. The van der Waals surface area contributed by atoms with Crippen LogP contribution in [0.15, 0.2) is 35.1 Å². The highest BCUT2D eigenvalue weighted by Gasteiger charge is 2.05. The van der Waals surface area contributed by atoms with Crippen molar-refractivity contribution < 1.29 is 4.39 Å². The van der Waals surface area contributed by atoms with E-state index in [9.17, 15) is 4.39 Å². The molecule has 0 aliphatic carbocycles. The molecule has 0 radical (unpaired) electrons. The van der Waals surface area contributed by atoms with E-state index in [-0.39, 0.29) is 11.9 Å². The molecular formula is C12H13BrFN3. The van der Waals surface area contributed by atoms with Crippen molar-refractivity contribution in [3.8, 4) is 0 Å². The molecule has 0 bridgehead atoms. The van der Waals surface area contributed by atoms with E-state index in [1.165, 1.54) is 6.07 Å². The predicted molar refractivity (Wildman–Crippen MR) is 68.0 cm³/mol. The summed E-state index contributed by atoms with van der Waals surface area (Å²) in [6.07, 6.45) is 3.66. The number of halogens is 2. The van der Waals surface area contributed by atoms with Crippen LogP contribution in [0.3, 0.4) is 0 Å². The molecule has 5 heteroatoms. The molecular weight excluding hydrogens is 285 g/mol. The maximum atomic E-state index is 13.1. The Morgan fingerprint density at radius 1 is 1.53 bits per heavy atom. The molecule has 1 atom stereocenters. The molecule has 1 aromatic heterocycles. The van der Waals surface area contributed by atoms with Gasteiger partial charge in [0.1, 0.15) is 5.82 Å². The van der Waals surface area contributed by atoms with Crippen molar-refractivity contribution in [1.82, 2.24) is 9.78 Å². The standard InChI is InChI=1S/C12H13BrFN3/c1-8(15)10-5-16-17(7-10)6-9-2-3-12(14)11(13)4-9/h2-5,7-8H,6,15H2,1H3. The molecule has 0 saturated heterocycles. The Morgan fingerprint density at radius 2 is 2.29 bits per heavy atom. The maximum absolute atomic E-state index is 13.1. The Balaban J connectivity index is 2.16. The minimum atomic E-state index is -0.259. The molecule has 1 aromatic carbocycles. The number of nitrogens with zero attached hydrogens (tertiary/aromatic N) is 2.